The quantitative estimate of drug-likeness (QED) is 0.685. The van der Waals surface area contributed by atoms with Crippen LogP contribution in [0, 0.1) is 13.8 Å². The van der Waals surface area contributed by atoms with Gasteiger partial charge >= 0.3 is 0 Å². The summed E-state index contributed by atoms with van der Waals surface area (Å²) in [6.45, 7) is 3.66. The number of rotatable bonds is 3. The summed E-state index contributed by atoms with van der Waals surface area (Å²) in [6, 6.07) is 9.67. The number of ketones is 1. The molecule has 0 unspecified atom stereocenters. The summed E-state index contributed by atoms with van der Waals surface area (Å²) in [5.74, 6) is 2.24. The van der Waals surface area contributed by atoms with Gasteiger partial charge in [-0.1, -0.05) is 12.1 Å². The summed E-state index contributed by atoms with van der Waals surface area (Å²) in [7, 11) is 1.94. The fourth-order valence-electron chi connectivity index (χ4n) is 2.50. The van der Waals surface area contributed by atoms with Crippen LogP contribution < -0.4 is 0 Å². The predicted octanol–water partition coefficient (Wildman–Crippen LogP) is 3.21. The fourth-order valence-corrected chi connectivity index (χ4v) is 2.50. The van der Waals surface area contributed by atoms with Crippen LogP contribution in [0.25, 0.3) is 11.0 Å². The lowest BCUT2D eigenvalue weighted by molar-refractivity contribution is 0.0988. The van der Waals surface area contributed by atoms with E-state index >= 15 is 0 Å². The Bertz CT molecular complexity index is 796. The van der Waals surface area contributed by atoms with Crippen LogP contribution in [0.5, 0.6) is 0 Å². The van der Waals surface area contributed by atoms with Gasteiger partial charge in [0.15, 0.2) is 5.78 Å². The number of imidazole rings is 1. The second-order valence-electron chi connectivity index (χ2n) is 5.00. The molecule has 0 radical (unpaired) electrons. The first kappa shape index (κ1) is 12.7. The first-order valence-electron chi connectivity index (χ1n) is 6.57. The monoisotopic (exact) mass is 268 g/mol. The highest BCUT2D eigenvalue weighted by molar-refractivity contribution is 5.98. The molecule has 0 saturated carbocycles. The maximum absolute atomic E-state index is 12.4. The summed E-state index contributed by atoms with van der Waals surface area (Å²) >= 11 is 0. The number of carbonyl (C=O) groups is 1. The standard InChI is InChI=1S/C16H16N2O2/c1-10-8-12(11(2)20-10)15(19)9-16-17-13-6-4-5-7-14(13)18(16)3/h4-8H,9H2,1-3H3. The Kier molecular flexibility index (Phi) is 2.93. The van der Waals surface area contributed by atoms with Gasteiger partial charge in [-0.05, 0) is 32.0 Å². The molecule has 0 N–H and O–H groups in total. The van der Waals surface area contributed by atoms with E-state index < -0.39 is 0 Å². The van der Waals surface area contributed by atoms with Crippen LogP contribution in [0.15, 0.2) is 34.7 Å². The average molecular weight is 268 g/mol. The molecule has 4 heteroatoms. The molecule has 4 nitrogen and oxygen atoms in total. The van der Waals surface area contributed by atoms with Gasteiger partial charge in [0.25, 0.3) is 0 Å². The van der Waals surface area contributed by atoms with E-state index in [9.17, 15) is 4.79 Å². The normalized spacial score (nSPS) is 11.2. The van der Waals surface area contributed by atoms with Gasteiger partial charge in [-0.15, -0.1) is 0 Å². The smallest absolute Gasteiger partial charge is 0.173 e. The van der Waals surface area contributed by atoms with Crippen molar-refractivity contribution in [2.45, 2.75) is 20.3 Å². The minimum absolute atomic E-state index is 0.0396. The molecule has 0 aliphatic carbocycles. The van der Waals surface area contributed by atoms with E-state index in [1.165, 1.54) is 0 Å². The van der Waals surface area contributed by atoms with Crippen LogP contribution in [0.4, 0.5) is 0 Å². The number of nitrogens with zero attached hydrogens (tertiary/aromatic N) is 2. The number of carbonyl (C=O) groups excluding carboxylic acids is 1. The maximum atomic E-state index is 12.4. The SMILES string of the molecule is Cc1cc(C(=O)Cc2nc3ccccc3n2C)c(C)o1. The number of aromatic nitrogens is 2. The molecule has 0 aliphatic heterocycles. The van der Waals surface area contributed by atoms with E-state index in [1.54, 1.807) is 6.07 Å². The summed E-state index contributed by atoms with van der Waals surface area (Å²) < 4.78 is 7.38. The Morgan fingerprint density at radius 2 is 2.05 bits per heavy atom. The van der Waals surface area contributed by atoms with Gasteiger partial charge in [0.2, 0.25) is 0 Å². The summed E-state index contributed by atoms with van der Waals surface area (Å²) in [4.78, 5) is 16.9. The molecule has 0 atom stereocenters. The number of benzene rings is 1. The third-order valence-corrected chi connectivity index (χ3v) is 3.54. The van der Waals surface area contributed by atoms with Gasteiger partial charge in [0, 0.05) is 7.05 Å². The number of hydrogen-bond donors (Lipinski definition) is 0. The van der Waals surface area contributed by atoms with Gasteiger partial charge in [-0.2, -0.15) is 0 Å². The molecule has 3 rings (SSSR count). The molecule has 3 aromatic rings. The molecule has 0 spiro atoms. The van der Waals surface area contributed by atoms with Crippen molar-refractivity contribution >= 4 is 16.8 Å². The van der Waals surface area contributed by atoms with Crippen molar-refractivity contribution in [3.63, 3.8) is 0 Å². The number of Topliss-reactive ketones (excluding diaryl/α,β-unsaturated/α-hetero) is 1. The molecule has 2 aromatic heterocycles. The second-order valence-corrected chi connectivity index (χ2v) is 5.00. The summed E-state index contributed by atoms with van der Waals surface area (Å²) in [5, 5.41) is 0. The molecule has 102 valence electrons. The van der Waals surface area contributed by atoms with Crippen LogP contribution in [0.3, 0.4) is 0 Å². The molecule has 0 fully saturated rings. The van der Waals surface area contributed by atoms with Gasteiger partial charge in [0.1, 0.15) is 17.3 Å². The van der Waals surface area contributed by atoms with Crippen LogP contribution >= 0.6 is 0 Å². The van der Waals surface area contributed by atoms with E-state index in [2.05, 4.69) is 4.98 Å². The highest BCUT2D eigenvalue weighted by Gasteiger charge is 2.17. The number of aryl methyl sites for hydroxylation is 3. The number of furan rings is 1. The summed E-state index contributed by atoms with van der Waals surface area (Å²) in [5.41, 5.74) is 2.60. The van der Waals surface area contributed by atoms with Gasteiger partial charge in [0.05, 0.1) is 23.0 Å². The molecule has 20 heavy (non-hydrogen) atoms. The lowest BCUT2D eigenvalue weighted by Gasteiger charge is -2.01. The Morgan fingerprint density at radius 3 is 2.70 bits per heavy atom. The van der Waals surface area contributed by atoms with Crippen molar-refractivity contribution in [1.82, 2.24) is 9.55 Å². The molecule has 0 aliphatic rings. The van der Waals surface area contributed by atoms with Crippen molar-refractivity contribution in [3.8, 4) is 0 Å². The van der Waals surface area contributed by atoms with Gasteiger partial charge < -0.3 is 8.98 Å². The average Bonchev–Trinajstić information content (AvgIpc) is 2.91. The molecule has 1 aromatic carbocycles. The van der Waals surface area contributed by atoms with Crippen molar-refractivity contribution < 1.29 is 9.21 Å². The van der Waals surface area contributed by atoms with E-state index in [0.717, 1.165) is 22.6 Å². The van der Waals surface area contributed by atoms with E-state index in [1.807, 2.05) is 49.7 Å². The number of para-hydroxylation sites is 2. The van der Waals surface area contributed by atoms with E-state index in [4.69, 9.17) is 4.42 Å². The molecule has 0 saturated heterocycles. The number of fused-ring (bicyclic) bond motifs is 1. The number of hydrogen-bond acceptors (Lipinski definition) is 3. The second kappa shape index (κ2) is 4.63. The van der Waals surface area contributed by atoms with Crippen LogP contribution in [0.1, 0.15) is 27.7 Å². The topological polar surface area (TPSA) is 48.0 Å². The largest absolute Gasteiger partial charge is 0.466 e. The maximum Gasteiger partial charge on any atom is 0.173 e. The van der Waals surface area contributed by atoms with Crippen LogP contribution in [0.2, 0.25) is 0 Å². The van der Waals surface area contributed by atoms with Crippen molar-refractivity contribution in [3.05, 3.63) is 53.2 Å². The van der Waals surface area contributed by atoms with E-state index in [0.29, 0.717) is 11.3 Å². The zero-order valence-corrected chi connectivity index (χ0v) is 11.8. The zero-order valence-electron chi connectivity index (χ0n) is 11.8. The predicted molar refractivity (Wildman–Crippen MR) is 76.9 cm³/mol. The van der Waals surface area contributed by atoms with Crippen LogP contribution in [-0.4, -0.2) is 15.3 Å². The summed E-state index contributed by atoms with van der Waals surface area (Å²) in [6.07, 6.45) is 0.283. The minimum Gasteiger partial charge on any atom is -0.466 e. The van der Waals surface area contributed by atoms with Gasteiger partial charge in [-0.3, -0.25) is 4.79 Å². The zero-order chi connectivity index (χ0) is 14.3. The fraction of sp³-hybridized carbons (Fsp3) is 0.250. The lowest BCUT2D eigenvalue weighted by Crippen LogP contribution is -2.08. The Balaban J connectivity index is 1.95. The highest BCUT2D eigenvalue weighted by Crippen LogP contribution is 2.19. The van der Waals surface area contributed by atoms with Crippen LogP contribution in [-0.2, 0) is 13.5 Å². The molecular formula is C16H16N2O2. The van der Waals surface area contributed by atoms with Crippen molar-refractivity contribution in [1.29, 1.82) is 0 Å². The molecule has 0 amide bonds. The van der Waals surface area contributed by atoms with E-state index in [-0.39, 0.29) is 12.2 Å². The van der Waals surface area contributed by atoms with Gasteiger partial charge in [-0.25, -0.2) is 4.98 Å². The Morgan fingerprint density at radius 1 is 1.30 bits per heavy atom. The minimum atomic E-state index is 0.0396. The molecular weight excluding hydrogens is 252 g/mol. The third kappa shape index (κ3) is 2.03. The molecule has 0 bridgehead atoms. The lowest BCUT2D eigenvalue weighted by atomic mass is 10.1. The van der Waals surface area contributed by atoms with Crippen molar-refractivity contribution in [2.24, 2.45) is 7.05 Å². The highest BCUT2D eigenvalue weighted by atomic mass is 16.3. The van der Waals surface area contributed by atoms with Crippen molar-refractivity contribution in [2.75, 3.05) is 0 Å². The Labute approximate surface area is 117 Å². The molecule has 2 heterocycles. The third-order valence-electron chi connectivity index (χ3n) is 3.54. The Hall–Kier alpha value is -2.36. The first-order valence-corrected chi connectivity index (χ1v) is 6.57. The first-order chi connectivity index (χ1) is 9.56.